The largest absolute Gasteiger partial charge is 0.351 e. The van der Waals surface area contributed by atoms with Crippen LogP contribution in [0.4, 0.5) is 0 Å². The Morgan fingerprint density at radius 2 is 2.19 bits per heavy atom. The number of rotatable bonds is 4. The van der Waals surface area contributed by atoms with Gasteiger partial charge in [0, 0.05) is 16.6 Å². The number of carbonyl (C=O) groups is 1. The van der Waals surface area contributed by atoms with Crippen LogP contribution in [-0.2, 0) is 11.3 Å². The molecule has 1 rings (SSSR count). The van der Waals surface area contributed by atoms with Crippen molar-refractivity contribution in [3.63, 3.8) is 0 Å². The highest BCUT2D eigenvalue weighted by Crippen LogP contribution is 2.20. The first-order valence-electron chi connectivity index (χ1n) is 4.79. The number of halogens is 2. The zero-order valence-corrected chi connectivity index (χ0v) is 11.4. The van der Waals surface area contributed by atoms with Gasteiger partial charge in [-0.1, -0.05) is 29.3 Å². The number of nitrogens with one attached hydrogen (secondary N) is 1. The standard InChI is InChI=1S/C11H13Cl2NOS/c1-7(16-2)11(15)14-6-8-3-4-9(12)5-10(8)13/h3-5,7H,6H2,1-2H3,(H,14,15). The monoisotopic (exact) mass is 277 g/mol. The van der Waals surface area contributed by atoms with Gasteiger partial charge in [-0.15, -0.1) is 0 Å². The van der Waals surface area contributed by atoms with Gasteiger partial charge in [0.15, 0.2) is 0 Å². The Balaban J connectivity index is 2.58. The van der Waals surface area contributed by atoms with Crippen molar-refractivity contribution < 1.29 is 4.79 Å². The molecule has 1 N–H and O–H groups in total. The average molecular weight is 278 g/mol. The van der Waals surface area contributed by atoms with Gasteiger partial charge >= 0.3 is 0 Å². The summed E-state index contributed by atoms with van der Waals surface area (Å²) < 4.78 is 0. The molecular formula is C11H13Cl2NOS. The lowest BCUT2D eigenvalue weighted by Gasteiger charge is -2.10. The molecule has 0 aromatic heterocycles. The molecule has 0 spiro atoms. The van der Waals surface area contributed by atoms with Gasteiger partial charge in [0.25, 0.3) is 0 Å². The molecule has 0 saturated heterocycles. The van der Waals surface area contributed by atoms with Crippen LogP contribution in [-0.4, -0.2) is 17.4 Å². The van der Waals surface area contributed by atoms with Gasteiger partial charge in [0.05, 0.1) is 5.25 Å². The molecule has 1 aromatic rings. The highest BCUT2D eigenvalue weighted by Gasteiger charge is 2.11. The molecule has 0 aliphatic heterocycles. The van der Waals surface area contributed by atoms with E-state index < -0.39 is 0 Å². The van der Waals surface area contributed by atoms with Crippen LogP contribution in [0.3, 0.4) is 0 Å². The molecule has 0 aliphatic carbocycles. The normalized spacial score (nSPS) is 12.2. The van der Waals surface area contributed by atoms with Gasteiger partial charge in [-0.25, -0.2) is 0 Å². The van der Waals surface area contributed by atoms with Crippen molar-refractivity contribution >= 4 is 40.9 Å². The third-order valence-corrected chi connectivity index (χ3v) is 3.70. The Morgan fingerprint density at radius 3 is 2.75 bits per heavy atom. The molecule has 5 heteroatoms. The molecule has 1 aromatic carbocycles. The first-order chi connectivity index (χ1) is 7.54. The summed E-state index contributed by atoms with van der Waals surface area (Å²) in [5.41, 5.74) is 0.868. The van der Waals surface area contributed by atoms with Gasteiger partial charge in [-0.05, 0) is 30.9 Å². The van der Waals surface area contributed by atoms with Crippen LogP contribution in [0.1, 0.15) is 12.5 Å². The Hall–Kier alpha value is -0.380. The lowest BCUT2D eigenvalue weighted by Crippen LogP contribution is -2.30. The maximum Gasteiger partial charge on any atom is 0.233 e. The van der Waals surface area contributed by atoms with Crippen molar-refractivity contribution in [3.05, 3.63) is 33.8 Å². The van der Waals surface area contributed by atoms with Gasteiger partial charge in [0.1, 0.15) is 0 Å². The highest BCUT2D eigenvalue weighted by molar-refractivity contribution is 7.99. The minimum Gasteiger partial charge on any atom is -0.351 e. The first-order valence-corrected chi connectivity index (χ1v) is 6.83. The molecule has 0 saturated carbocycles. The number of benzene rings is 1. The third kappa shape index (κ3) is 3.89. The second-order valence-corrected chi connectivity index (χ2v) is 5.35. The smallest absolute Gasteiger partial charge is 0.233 e. The molecule has 0 heterocycles. The van der Waals surface area contributed by atoms with E-state index in [1.807, 2.05) is 19.2 Å². The molecule has 1 unspecified atom stereocenters. The molecule has 1 atom stereocenters. The van der Waals surface area contributed by atoms with Crippen molar-refractivity contribution in [3.8, 4) is 0 Å². The number of hydrogen-bond donors (Lipinski definition) is 1. The number of thioether (sulfide) groups is 1. The number of hydrogen-bond acceptors (Lipinski definition) is 2. The fourth-order valence-corrected chi connectivity index (χ4v) is 1.87. The lowest BCUT2D eigenvalue weighted by molar-refractivity contribution is -0.120. The summed E-state index contributed by atoms with van der Waals surface area (Å²) in [7, 11) is 0. The van der Waals surface area contributed by atoms with E-state index in [4.69, 9.17) is 23.2 Å². The van der Waals surface area contributed by atoms with E-state index in [0.29, 0.717) is 16.6 Å². The van der Waals surface area contributed by atoms with Crippen molar-refractivity contribution in [2.75, 3.05) is 6.26 Å². The van der Waals surface area contributed by atoms with Crippen LogP contribution >= 0.6 is 35.0 Å². The highest BCUT2D eigenvalue weighted by atomic mass is 35.5. The average Bonchev–Trinajstić information content (AvgIpc) is 2.26. The number of carbonyl (C=O) groups excluding carboxylic acids is 1. The third-order valence-electron chi connectivity index (χ3n) is 2.19. The minimum atomic E-state index is -0.0499. The van der Waals surface area contributed by atoms with E-state index in [1.54, 1.807) is 12.1 Å². The summed E-state index contributed by atoms with van der Waals surface area (Å²) >= 11 is 13.3. The predicted molar refractivity (Wildman–Crippen MR) is 71.3 cm³/mol. The predicted octanol–water partition coefficient (Wildman–Crippen LogP) is 3.36. The van der Waals surface area contributed by atoms with Gasteiger partial charge in [-0.2, -0.15) is 11.8 Å². The Kier molecular flexibility index (Phi) is 5.46. The van der Waals surface area contributed by atoms with Gasteiger partial charge in [0.2, 0.25) is 5.91 Å². The minimum absolute atomic E-state index is 0.0125. The van der Waals surface area contributed by atoms with Crippen molar-refractivity contribution in [1.82, 2.24) is 5.32 Å². The molecule has 0 aliphatic rings. The molecule has 1 amide bonds. The molecule has 16 heavy (non-hydrogen) atoms. The maximum atomic E-state index is 11.5. The summed E-state index contributed by atoms with van der Waals surface area (Å²) in [6.45, 7) is 2.29. The zero-order valence-electron chi connectivity index (χ0n) is 9.09. The SMILES string of the molecule is CSC(C)C(=O)NCc1ccc(Cl)cc1Cl. The molecule has 0 fully saturated rings. The second-order valence-electron chi connectivity index (χ2n) is 3.33. The Morgan fingerprint density at radius 1 is 1.50 bits per heavy atom. The second kappa shape index (κ2) is 6.38. The van der Waals surface area contributed by atoms with Crippen molar-refractivity contribution in [1.29, 1.82) is 0 Å². The molecule has 0 radical (unpaired) electrons. The topological polar surface area (TPSA) is 29.1 Å². The molecule has 0 bridgehead atoms. The first kappa shape index (κ1) is 13.7. The quantitative estimate of drug-likeness (QED) is 0.915. The van der Waals surface area contributed by atoms with Crippen molar-refractivity contribution in [2.24, 2.45) is 0 Å². The van der Waals surface area contributed by atoms with E-state index >= 15 is 0 Å². The summed E-state index contributed by atoms with van der Waals surface area (Å²) in [6, 6.07) is 5.24. The van der Waals surface area contributed by atoms with Crippen LogP contribution in [0.15, 0.2) is 18.2 Å². The summed E-state index contributed by atoms with van der Waals surface area (Å²) in [5, 5.41) is 3.94. The van der Waals surface area contributed by atoms with Crippen LogP contribution in [0.25, 0.3) is 0 Å². The Bertz CT molecular complexity index is 384. The lowest BCUT2D eigenvalue weighted by atomic mass is 10.2. The van der Waals surface area contributed by atoms with Crippen molar-refractivity contribution in [2.45, 2.75) is 18.7 Å². The van der Waals surface area contributed by atoms with Crippen LogP contribution in [0.2, 0.25) is 10.0 Å². The molecule has 2 nitrogen and oxygen atoms in total. The maximum absolute atomic E-state index is 11.5. The van der Waals surface area contributed by atoms with E-state index in [2.05, 4.69) is 5.32 Å². The molecular weight excluding hydrogens is 265 g/mol. The number of amides is 1. The van der Waals surface area contributed by atoms with E-state index in [9.17, 15) is 4.79 Å². The van der Waals surface area contributed by atoms with Gasteiger partial charge < -0.3 is 5.32 Å². The van der Waals surface area contributed by atoms with Gasteiger partial charge in [-0.3, -0.25) is 4.79 Å². The Labute approximate surface area is 110 Å². The summed E-state index contributed by atoms with van der Waals surface area (Å²) in [6.07, 6.45) is 1.90. The van der Waals surface area contributed by atoms with E-state index in [1.165, 1.54) is 11.8 Å². The molecule has 88 valence electrons. The van der Waals surface area contributed by atoms with E-state index in [-0.39, 0.29) is 11.2 Å². The van der Waals surface area contributed by atoms with Crippen LogP contribution in [0, 0.1) is 0 Å². The van der Waals surface area contributed by atoms with Crippen LogP contribution < -0.4 is 5.32 Å². The zero-order chi connectivity index (χ0) is 12.1. The summed E-state index contributed by atoms with van der Waals surface area (Å²) in [4.78, 5) is 11.5. The fraction of sp³-hybridized carbons (Fsp3) is 0.364. The van der Waals surface area contributed by atoms with E-state index in [0.717, 1.165) is 5.56 Å². The summed E-state index contributed by atoms with van der Waals surface area (Å²) in [5.74, 6) is 0.0125. The van der Waals surface area contributed by atoms with Crippen LogP contribution in [0.5, 0.6) is 0 Å². The fourth-order valence-electron chi connectivity index (χ4n) is 1.10.